The van der Waals surface area contributed by atoms with Gasteiger partial charge < -0.3 is 4.74 Å². The molecule has 10 heteroatoms. The van der Waals surface area contributed by atoms with Crippen LogP contribution in [-0.4, -0.2) is 28.2 Å². The monoisotopic (exact) mass is 382 g/mol. The van der Waals surface area contributed by atoms with Crippen LogP contribution in [0.3, 0.4) is 0 Å². The van der Waals surface area contributed by atoms with Crippen LogP contribution >= 0.6 is 22.7 Å². The van der Waals surface area contributed by atoms with Crippen molar-refractivity contribution >= 4 is 33.7 Å². The largest absolute Gasteiger partial charge is 0.377 e. The van der Waals surface area contributed by atoms with E-state index in [1.807, 2.05) is 0 Å². The number of anilines is 1. The van der Waals surface area contributed by atoms with E-state index in [-0.39, 0.29) is 15.4 Å². The molecular weight excluding hydrogens is 370 g/mol. The third-order valence-electron chi connectivity index (χ3n) is 3.13. The normalized spacial score (nSPS) is 10.9. The zero-order valence-electron chi connectivity index (χ0n) is 13.2. The van der Waals surface area contributed by atoms with Crippen LogP contribution in [0.25, 0.3) is 10.6 Å². The van der Waals surface area contributed by atoms with Crippen LogP contribution in [-0.2, 0) is 11.3 Å². The third kappa shape index (κ3) is 3.70. The Morgan fingerprint density at radius 2 is 1.96 bits per heavy atom. The Bertz CT molecular complexity index is 906. The molecule has 25 heavy (non-hydrogen) atoms. The molecule has 0 aliphatic carbocycles. The quantitative estimate of drug-likeness (QED) is 0.729. The van der Waals surface area contributed by atoms with Crippen molar-refractivity contribution in [2.75, 3.05) is 12.4 Å². The van der Waals surface area contributed by atoms with Crippen molar-refractivity contribution in [3.05, 3.63) is 45.4 Å². The summed E-state index contributed by atoms with van der Waals surface area (Å²) in [5.74, 6) is -1.92. The number of benzene rings is 1. The van der Waals surface area contributed by atoms with Crippen LogP contribution in [0.2, 0.25) is 0 Å². The molecule has 0 bridgehead atoms. The Morgan fingerprint density at radius 1 is 1.24 bits per heavy atom. The number of ether oxygens (including phenoxy) is 1. The standard InChI is InChI=1S/C15H12F2N4O2S2/c1-7-12(13(22)19-15-21-20-10(24-15)6-23-2)25-14(18-7)11-8(16)4-3-5-9(11)17/h3-5H,6H2,1-2H3,(H,19,21,22). The van der Waals surface area contributed by atoms with Gasteiger partial charge in [-0.3, -0.25) is 10.1 Å². The SMILES string of the molecule is COCc1nnc(NC(=O)c2sc(-c3c(F)cccc3F)nc2C)s1. The lowest BCUT2D eigenvalue weighted by Crippen LogP contribution is -2.11. The number of carbonyl (C=O) groups excluding carboxylic acids is 1. The number of hydrogen-bond acceptors (Lipinski definition) is 7. The number of amides is 1. The highest BCUT2D eigenvalue weighted by Gasteiger charge is 2.21. The number of hydrogen-bond donors (Lipinski definition) is 1. The molecule has 2 aromatic heterocycles. The minimum atomic E-state index is -0.728. The molecule has 0 saturated heterocycles. The van der Waals surface area contributed by atoms with Gasteiger partial charge in [0.2, 0.25) is 5.13 Å². The van der Waals surface area contributed by atoms with Gasteiger partial charge in [-0.2, -0.15) is 0 Å². The fraction of sp³-hybridized carbons (Fsp3) is 0.200. The van der Waals surface area contributed by atoms with E-state index in [1.165, 1.54) is 24.5 Å². The molecule has 0 saturated carbocycles. The first-order chi connectivity index (χ1) is 12.0. The second kappa shape index (κ2) is 7.30. The fourth-order valence-corrected chi connectivity index (χ4v) is 3.77. The van der Waals surface area contributed by atoms with E-state index in [4.69, 9.17) is 4.74 Å². The number of aromatic nitrogens is 3. The Hall–Kier alpha value is -2.30. The van der Waals surface area contributed by atoms with Crippen LogP contribution in [0.15, 0.2) is 18.2 Å². The summed E-state index contributed by atoms with van der Waals surface area (Å²) in [6.45, 7) is 1.90. The second-order valence-electron chi connectivity index (χ2n) is 4.92. The molecule has 6 nitrogen and oxygen atoms in total. The molecule has 1 aromatic carbocycles. The molecule has 0 aliphatic rings. The van der Waals surface area contributed by atoms with E-state index >= 15 is 0 Å². The van der Waals surface area contributed by atoms with Crippen LogP contribution in [0.1, 0.15) is 20.4 Å². The van der Waals surface area contributed by atoms with Gasteiger partial charge in [-0.05, 0) is 19.1 Å². The highest BCUT2D eigenvalue weighted by molar-refractivity contribution is 7.17. The zero-order valence-corrected chi connectivity index (χ0v) is 14.8. The Kier molecular flexibility index (Phi) is 5.11. The first kappa shape index (κ1) is 17.5. The van der Waals surface area contributed by atoms with Crippen LogP contribution in [0, 0.1) is 18.6 Å². The van der Waals surface area contributed by atoms with E-state index < -0.39 is 17.5 Å². The van der Waals surface area contributed by atoms with Crippen molar-refractivity contribution in [3.8, 4) is 10.6 Å². The van der Waals surface area contributed by atoms with Crippen LogP contribution in [0.4, 0.5) is 13.9 Å². The van der Waals surface area contributed by atoms with Crippen LogP contribution < -0.4 is 5.32 Å². The molecule has 0 atom stereocenters. The molecule has 1 N–H and O–H groups in total. The summed E-state index contributed by atoms with van der Waals surface area (Å²) in [6, 6.07) is 3.57. The van der Waals surface area contributed by atoms with Crippen molar-refractivity contribution < 1.29 is 18.3 Å². The number of nitrogens with one attached hydrogen (secondary N) is 1. The van der Waals surface area contributed by atoms with E-state index in [9.17, 15) is 13.6 Å². The van der Waals surface area contributed by atoms with E-state index in [1.54, 1.807) is 6.92 Å². The summed E-state index contributed by atoms with van der Waals surface area (Å²) >= 11 is 2.09. The molecule has 0 aliphatic heterocycles. The average molecular weight is 382 g/mol. The predicted octanol–water partition coefficient (Wildman–Crippen LogP) is 3.65. The van der Waals surface area contributed by atoms with Gasteiger partial charge in [0, 0.05) is 7.11 Å². The molecule has 0 radical (unpaired) electrons. The second-order valence-corrected chi connectivity index (χ2v) is 6.98. The Balaban J connectivity index is 1.85. The molecule has 0 spiro atoms. The molecule has 2 heterocycles. The molecule has 1 amide bonds. The highest BCUT2D eigenvalue weighted by atomic mass is 32.1. The van der Waals surface area contributed by atoms with Gasteiger partial charge in [-0.1, -0.05) is 17.4 Å². The third-order valence-corrected chi connectivity index (χ3v) is 5.12. The smallest absolute Gasteiger partial charge is 0.269 e. The summed E-state index contributed by atoms with van der Waals surface area (Å²) in [5, 5.41) is 11.4. The highest BCUT2D eigenvalue weighted by Crippen LogP contribution is 2.32. The summed E-state index contributed by atoms with van der Waals surface area (Å²) < 4.78 is 32.7. The minimum Gasteiger partial charge on any atom is -0.377 e. The van der Waals surface area contributed by atoms with Crippen molar-refractivity contribution in [2.45, 2.75) is 13.5 Å². The maximum atomic E-state index is 13.9. The molecule has 3 rings (SSSR count). The van der Waals surface area contributed by atoms with Gasteiger partial charge in [0.25, 0.3) is 5.91 Å². The number of nitrogens with zero attached hydrogens (tertiary/aromatic N) is 3. The molecular formula is C15H12F2N4O2S2. The lowest BCUT2D eigenvalue weighted by molar-refractivity contribution is 0.102. The van der Waals surface area contributed by atoms with Crippen LogP contribution in [0.5, 0.6) is 0 Å². The number of carbonyl (C=O) groups is 1. The summed E-state index contributed by atoms with van der Waals surface area (Å²) in [5.41, 5.74) is 0.134. The van der Waals surface area contributed by atoms with Crippen molar-refractivity contribution in [2.24, 2.45) is 0 Å². The van der Waals surface area contributed by atoms with E-state index in [2.05, 4.69) is 20.5 Å². The fourth-order valence-electron chi connectivity index (χ4n) is 2.06. The summed E-state index contributed by atoms with van der Waals surface area (Å²) in [7, 11) is 1.53. The molecule has 130 valence electrons. The summed E-state index contributed by atoms with van der Waals surface area (Å²) in [4.78, 5) is 16.8. The van der Waals surface area contributed by atoms with Gasteiger partial charge in [-0.15, -0.1) is 21.5 Å². The minimum absolute atomic E-state index is 0.107. The predicted molar refractivity (Wildman–Crippen MR) is 90.8 cm³/mol. The number of aryl methyl sites for hydroxylation is 1. The maximum Gasteiger partial charge on any atom is 0.269 e. The van der Waals surface area contributed by atoms with Crippen molar-refractivity contribution in [1.82, 2.24) is 15.2 Å². The Labute approximate surface area is 149 Å². The van der Waals surface area contributed by atoms with Crippen molar-refractivity contribution in [1.29, 1.82) is 0 Å². The van der Waals surface area contributed by atoms with Gasteiger partial charge in [-0.25, -0.2) is 13.8 Å². The average Bonchev–Trinajstić information content (AvgIpc) is 3.14. The topological polar surface area (TPSA) is 77.0 Å². The van der Waals surface area contributed by atoms with Gasteiger partial charge >= 0.3 is 0 Å². The van der Waals surface area contributed by atoms with Crippen molar-refractivity contribution in [3.63, 3.8) is 0 Å². The van der Waals surface area contributed by atoms with E-state index in [0.29, 0.717) is 22.4 Å². The lowest BCUT2D eigenvalue weighted by atomic mass is 10.2. The first-order valence-corrected chi connectivity index (χ1v) is 8.67. The number of rotatable bonds is 5. The van der Waals surface area contributed by atoms with Gasteiger partial charge in [0.1, 0.15) is 33.1 Å². The molecule has 0 fully saturated rings. The lowest BCUT2D eigenvalue weighted by Gasteiger charge is -2.00. The number of halogens is 2. The Morgan fingerprint density at radius 3 is 2.64 bits per heavy atom. The molecule has 3 aromatic rings. The first-order valence-electron chi connectivity index (χ1n) is 7.04. The van der Waals surface area contributed by atoms with Gasteiger partial charge in [0.05, 0.1) is 11.3 Å². The zero-order chi connectivity index (χ0) is 18.0. The molecule has 0 unspecified atom stereocenters. The number of methoxy groups -OCH3 is 1. The summed E-state index contributed by atoms with van der Waals surface area (Å²) in [6.07, 6.45) is 0. The van der Waals surface area contributed by atoms with Gasteiger partial charge in [0.15, 0.2) is 0 Å². The number of thiazole rings is 1. The maximum absolute atomic E-state index is 13.9. The van der Waals surface area contributed by atoms with E-state index in [0.717, 1.165) is 23.5 Å².